The van der Waals surface area contributed by atoms with E-state index in [0.717, 1.165) is 24.3 Å². The smallest absolute Gasteiger partial charge is 0.0622 e. The Morgan fingerprint density at radius 3 is 2.38 bits per heavy atom. The minimum absolute atomic E-state index is 0.0396. The van der Waals surface area contributed by atoms with E-state index < -0.39 is 0 Å². The fraction of sp³-hybridized carbons (Fsp3) is 1.00. The summed E-state index contributed by atoms with van der Waals surface area (Å²) < 4.78 is 5.46. The molecule has 0 aromatic carbocycles. The molecular weight excluding hydrogens is 198 g/mol. The Morgan fingerprint density at radius 2 is 1.88 bits per heavy atom. The quantitative estimate of drug-likeness (QED) is 0.687. The van der Waals surface area contributed by atoms with Crippen LogP contribution in [-0.4, -0.2) is 25.3 Å². The molecule has 1 aliphatic rings. The van der Waals surface area contributed by atoms with Gasteiger partial charge in [0.2, 0.25) is 0 Å². The first-order valence-corrected chi connectivity index (χ1v) is 6.73. The van der Waals surface area contributed by atoms with Crippen LogP contribution in [0.5, 0.6) is 0 Å². The molecule has 0 amide bonds. The van der Waals surface area contributed by atoms with Crippen LogP contribution >= 0.6 is 0 Å². The Kier molecular flexibility index (Phi) is 5.26. The molecule has 2 atom stereocenters. The largest absolute Gasteiger partial charge is 0.379 e. The van der Waals surface area contributed by atoms with Gasteiger partial charge in [0.05, 0.1) is 5.60 Å². The molecular formula is C14H29NO. The summed E-state index contributed by atoms with van der Waals surface area (Å²) in [5, 5.41) is 3.62. The molecule has 2 heteroatoms. The molecule has 0 radical (unpaired) electrons. The highest BCUT2D eigenvalue weighted by Crippen LogP contribution is 2.24. The molecule has 0 bridgehead atoms. The van der Waals surface area contributed by atoms with Crippen molar-refractivity contribution in [2.24, 2.45) is 11.8 Å². The second kappa shape index (κ2) is 6.02. The fourth-order valence-electron chi connectivity index (χ4n) is 1.80. The highest BCUT2D eigenvalue weighted by Gasteiger charge is 2.23. The van der Waals surface area contributed by atoms with Crippen molar-refractivity contribution in [2.45, 2.75) is 65.0 Å². The standard InChI is InChI=1S/C14H29NO/c1-11(8-9-14(3,4)16-5)12(2)10-15-13-6-7-13/h11-13,15H,6-10H2,1-5H3. The van der Waals surface area contributed by atoms with Crippen molar-refractivity contribution in [3.8, 4) is 0 Å². The predicted octanol–water partition coefficient (Wildman–Crippen LogP) is 3.22. The van der Waals surface area contributed by atoms with Crippen molar-refractivity contribution in [1.29, 1.82) is 0 Å². The minimum atomic E-state index is 0.0396. The van der Waals surface area contributed by atoms with Gasteiger partial charge in [0, 0.05) is 13.2 Å². The molecule has 0 aliphatic heterocycles. The van der Waals surface area contributed by atoms with Crippen molar-refractivity contribution in [1.82, 2.24) is 5.32 Å². The fourth-order valence-corrected chi connectivity index (χ4v) is 1.80. The van der Waals surface area contributed by atoms with Gasteiger partial charge in [0.25, 0.3) is 0 Å². The normalized spacial score (nSPS) is 20.8. The van der Waals surface area contributed by atoms with E-state index in [1.165, 1.54) is 25.8 Å². The molecule has 1 N–H and O–H groups in total. The lowest BCUT2D eigenvalue weighted by molar-refractivity contribution is 0.00920. The van der Waals surface area contributed by atoms with Crippen molar-refractivity contribution in [3.63, 3.8) is 0 Å². The second-order valence-electron chi connectivity index (χ2n) is 6.14. The van der Waals surface area contributed by atoms with Gasteiger partial charge in [-0.25, -0.2) is 0 Å². The lowest BCUT2D eigenvalue weighted by atomic mass is 9.87. The molecule has 1 aliphatic carbocycles. The molecule has 0 heterocycles. The first-order chi connectivity index (χ1) is 7.44. The highest BCUT2D eigenvalue weighted by molar-refractivity contribution is 4.82. The van der Waals surface area contributed by atoms with Gasteiger partial charge in [-0.3, -0.25) is 0 Å². The van der Waals surface area contributed by atoms with E-state index >= 15 is 0 Å². The Labute approximate surface area is 101 Å². The van der Waals surface area contributed by atoms with Gasteiger partial charge >= 0.3 is 0 Å². The summed E-state index contributed by atoms with van der Waals surface area (Å²) in [4.78, 5) is 0. The Hall–Kier alpha value is -0.0800. The summed E-state index contributed by atoms with van der Waals surface area (Å²) in [5.74, 6) is 1.55. The number of hydrogen-bond acceptors (Lipinski definition) is 2. The molecule has 0 aromatic heterocycles. The van der Waals surface area contributed by atoms with Crippen LogP contribution in [0.25, 0.3) is 0 Å². The lowest BCUT2D eigenvalue weighted by Crippen LogP contribution is -2.29. The molecule has 0 spiro atoms. The Morgan fingerprint density at radius 1 is 1.25 bits per heavy atom. The molecule has 1 saturated carbocycles. The zero-order valence-corrected chi connectivity index (χ0v) is 11.7. The lowest BCUT2D eigenvalue weighted by Gasteiger charge is -2.27. The Bertz CT molecular complexity index is 199. The zero-order chi connectivity index (χ0) is 12.2. The van der Waals surface area contributed by atoms with Gasteiger partial charge in [0.15, 0.2) is 0 Å². The van der Waals surface area contributed by atoms with Crippen LogP contribution in [0.3, 0.4) is 0 Å². The molecule has 16 heavy (non-hydrogen) atoms. The maximum absolute atomic E-state index is 5.46. The SMILES string of the molecule is COC(C)(C)CCC(C)C(C)CNC1CC1. The van der Waals surface area contributed by atoms with Crippen LogP contribution < -0.4 is 5.32 Å². The van der Waals surface area contributed by atoms with E-state index in [2.05, 4.69) is 33.0 Å². The van der Waals surface area contributed by atoms with Crippen molar-refractivity contribution in [2.75, 3.05) is 13.7 Å². The first kappa shape index (κ1) is 14.0. The average molecular weight is 227 g/mol. The monoisotopic (exact) mass is 227 g/mol. The van der Waals surface area contributed by atoms with Gasteiger partial charge < -0.3 is 10.1 Å². The third kappa shape index (κ3) is 5.31. The van der Waals surface area contributed by atoms with Crippen LogP contribution in [0.1, 0.15) is 53.4 Å². The third-order valence-corrected chi connectivity index (χ3v) is 4.03. The van der Waals surface area contributed by atoms with Crippen molar-refractivity contribution < 1.29 is 4.74 Å². The predicted molar refractivity (Wildman–Crippen MR) is 69.7 cm³/mol. The molecule has 96 valence electrons. The minimum Gasteiger partial charge on any atom is -0.379 e. The summed E-state index contributed by atoms with van der Waals surface area (Å²) in [6.45, 7) is 10.3. The molecule has 2 nitrogen and oxygen atoms in total. The number of nitrogens with one attached hydrogen (secondary N) is 1. The summed E-state index contributed by atoms with van der Waals surface area (Å²) >= 11 is 0. The number of ether oxygens (including phenoxy) is 1. The molecule has 0 aromatic rings. The van der Waals surface area contributed by atoms with Gasteiger partial charge in [0.1, 0.15) is 0 Å². The van der Waals surface area contributed by atoms with E-state index in [4.69, 9.17) is 4.74 Å². The maximum atomic E-state index is 5.46. The third-order valence-electron chi connectivity index (χ3n) is 4.03. The Balaban J connectivity index is 2.14. The molecule has 2 unspecified atom stereocenters. The maximum Gasteiger partial charge on any atom is 0.0622 e. The summed E-state index contributed by atoms with van der Waals surface area (Å²) in [6.07, 6.45) is 5.18. The van der Waals surface area contributed by atoms with Gasteiger partial charge in [-0.05, 0) is 57.9 Å². The topological polar surface area (TPSA) is 21.3 Å². The second-order valence-corrected chi connectivity index (χ2v) is 6.14. The van der Waals surface area contributed by atoms with Crippen LogP contribution in [0, 0.1) is 11.8 Å². The van der Waals surface area contributed by atoms with Gasteiger partial charge in [-0.2, -0.15) is 0 Å². The summed E-state index contributed by atoms with van der Waals surface area (Å²) in [6, 6.07) is 0.838. The van der Waals surface area contributed by atoms with E-state index in [-0.39, 0.29) is 5.60 Å². The van der Waals surface area contributed by atoms with E-state index in [1.807, 2.05) is 7.11 Å². The van der Waals surface area contributed by atoms with Crippen LogP contribution in [0.4, 0.5) is 0 Å². The molecule has 1 fully saturated rings. The summed E-state index contributed by atoms with van der Waals surface area (Å²) in [5.41, 5.74) is 0.0396. The first-order valence-electron chi connectivity index (χ1n) is 6.73. The number of methoxy groups -OCH3 is 1. The molecule has 1 rings (SSSR count). The van der Waals surface area contributed by atoms with Gasteiger partial charge in [-0.1, -0.05) is 13.8 Å². The van der Waals surface area contributed by atoms with Crippen LogP contribution in [0.15, 0.2) is 0 Å². The van der Waals surface area contributed by atoms with Crippen LogP contribution in [0.2, 0.25) is 0 Å². The number of hydrogen-bond donors (Lipinski definition) is 1. The highest BCUT2D eigenvalue weighted by atomic mass is 16.5. The van der Waals surface area contributed by atoms with E-state index in [1.54, 1.807) is 0 Å². The van der Waals surface area contributed by atoms with E-state index in [0.29, 0.717) is 0 Å². The van der Waals surface area contributed by atoms with Crippen molar-refractivity contribution in [3.05, 3.63) is 0 Å². The van der Waals surface area contributed by atoms with Crippen molar-refractivity contribution >= 4 is 0 Å². The number of rotatable bonds is 8. The van der Waals surface area contributed by atoms with Gasteiger partial charge in [-0.15, -0.1) is 0 Å². The average Bonchev–Trinajstić information content (AvgIpc) is 3.06. The van der Waals surface area contributed by atoms with E-state index in [9.17, 15) is 0 Å². The van der Waals surface area contributed by atoms with Crippen LogP contribution in [-0.2, 0) is 4.74 Å². The molecule has 0 saturated heterocycles. The zero-order valence-electron chi connectivity index (χ0n) is 11.7. The summed E-state index contributed by atoms with van der Waals surface area (Å²) in [7, 11) is 1.81.